The molecule has 0 bridgehead atoms. The molecule has 0 fully saturated rings. The number of halogens is 1. The molecule has 3 rings (SSSR count). The molecule has 1 aromatic heterocycles. The third-order valence-electron chi connectivity index (χ3n) is 4.21. The Balaban J connectivity index is 1.78. The van der Waals surface area contributed by atoms with Crippen molar-refractivity contribution in [1.82, 2.24) is 0 Å². The molecule has 0 aliphatic carbocycles. The van der Waals surface area contributed by atoms with Gasteiger partial charge in [0.15, 0.2) is 0 Å². The van der Waals surface area contributed by atoms with Crippen molar-refractivity contribution in [3.05, 3.63) is 50.3 Å². The minimum Gasteiger partial charge on any atom is -0.462 e. The maximum absolute atomic E-state index is 12.7. The fraction of sp³-hybridized carbons (Fsp3) is 0.263. The number of anilines is 1. The molecule has 0 saturated heterocycles. The molecule has 10 heteroatoms. The zero-order valence-corrected chi connectivity index (χ0v) is 18.1. The maximum atomic E-state index is 12.7. The van der Waals surface area contributed by atoms with Crippen molar-refractivity contribution in [3.8, 4) is 0 Å². The van der Waals surface area contributed by atoms with Crippen LogP contribution in [0.3, 0.4) is 0 Å². The number of rotatable bonds is 6. The first-order chi connectivity index (χ1) is 13.8. The zero-order chi connectivity index (χ0) is 21.1. The van der Waals surface area contributed by atoms with Crippen LogP contribution in [0.15, 0.2) is 33.9 Å². The summed E-state index contributed by atoms with van der Waals surface area (Å²) in [7, 11) is 0. The first-order valence-corrected chi connectivity index (χ1v) is 10.3. The number of nitrogens with two attached hydrogens (primary N) is 1. The molecule has 1 aliphatic rings. The van der Waals surface area contributed by atoms with E-state index in [0.717, 1.165) is 21.4 Å². The third kappa shape index (κ3) is 4.48. The van der Waals surface area contributed by atoms with Gasteiger partial charge in [-0.15, -0.1) is 11.3 Å². The number of thiophene rings is 1. The van der Waals surface area contributed by atoms with E-state index in [2.05, 4.69) is 26.4 Å². The molecular formula is C19H18BrN3O5S. The van der Waals surface area contributed by atoms with Crippen LogP contribution >= 0.6 is 27.3 Å². The molecular weight excluding hydrogens is 462 g/mol. The third-order valence-corrected chi connectivity index (χ3v) is 5.92. The summed E-state index contributed by atoms with van der Waals surface area (Å²) < 4.78 is 5.93. The smallest absolute Gasteiger partial charge is 0.341 e. The predicted octanol–water partition coefficient (Wildman–Crippen LogP) is 3.23. The normalized spacial score (nSPS) is 15.4. The number of nitrogens with zero attached hydrogens (tertiary/aromatic N) is 1. The Morgan fingerprint density at radius 3 is 2.83 bits per heavy atom. The van der Waals surface area contributed by atoms with Crippen LogP contribution in [0.4, 0.5) is 5.00 Å². The highest BCUT2D eigenvalue weighted by Gasteiger charge is 2.32. The summed E-state index contributed by atoms with van der Waals surface area (Å²) in [6.07, 6.45) is -0.595. The molecule has 1 unspecified atom stereocenters. The van der Waals surface area contributed by atoms with E-state index in [0.29, 0.717) is 11.3 Å². The minimum atomic E-state index is -0.863. The van der Waals surface area contributed by atoms with Crippen LogP contribution in [-0.2, 0) is 14.4 Å². The average Bonchev–Trinajstić information content (AvgIpc) is 3.27. The molecule has 2 amide bonds. The van der Waals surface area contributed by atoms with Crippen LogP contribution in [0.25, 0.3) is 0 Å². The summed E-state index contributed by atoms with van der Waals surface area (Å²) in [6.45, 7) is 3.40. The van der Waals surface area contributed by atoms with Gasteiger partial charge in [-0.1, -0.05) is 33.2 Å². The van der Waals surface area contributed by atoms with Gasteiger partial charge in [-0.3, -0.25) is 9.59 Å². The Kier molecular flexibility index (Phi) is 6.33. The summed E-state index contributed by atoms with van der Waals surface area (Å²) in [5.41, 5.74) is 7.34. The lowest BCUT2D eigenvalue weighted by Gasteiger charge is -2.10. The number of primary amides is 1. The van der Waals surface area contributed by atoms with Gasteiger partial charge < -0.3 is 20.6 Å². The Morgan fingerprint density at radius 2 is 2.17 bits per heavy atom. The van der Waals surface area contributed by atoms with Crippen LogP contribution < -0.4 is 11.1 Å². The lowest BCUT2D eigenvalue weighted by atomic mass is 10.0. The zero-order valence-electron chi connectivity index (χ0n) is 15.7. The van der Waals surface area contributed by atoms with Gasteiger partial charge in [-0.05, 0) is 31.5 Å². The molecule has 1 aliphatic heterocycles. The highest BCUT2D eigenvalue weighted by atomic mass is 79.9. The van der Waals surface area contributed by atoms with Crippen LogP contribution in [0, 0.1) is 6.92 Å². The number of hydrogen-bond donors (Lipinski definition) is 2. The summed E-state index contributed by atoms with van der Waals surface area (Å²) in [6, 6.07) is 7.49. The monoisotopic (exact) mass is 479 g/mol. The molecule has 2 aromatic rings. The van der Waals surface area contributed by atoms with E-state index in [9.17, 15) is 14.4 Å². The molecule has 1 atom stereocenters. The minimum absolute atomic E-state index is 0.116. The quantitative estimate of drug-likeness (QED) is 0.616. The van der Waals surface area contributed by atoms with Crippen molar-refractivity contribution in [3.63, 3.8) is 0 Å². The topological polar surface area (TPSA) is 120 Å². The lowest BCUT2D eigenvalue weighted by Crippen LogP contribution is -2.28. The van der Waals surface area contributed by atoms with Gasteiger partial charge in [-0.2, -0.15) is 0 Å². The van der Waals surface area contributed by atoms with Gasteiger partial charge in [0.2, 0.25) is 6.10 Å². The summed E-state index contributed by atoms with van der Waals surface area (Å²) in [5, 5.41) is 6.85. The van der Waals surface area contributed by atoms with E-state index in [1.54, 1.807) is 13.8 Å². The first kappa shape index (κ1) is 21.0. The van der Waals surface area contributed by atoms with Gasteiger partial charge in [0, 0.05) is 16.5 Å². The maximum Gasteiger partial charge on any atom is 0.341 e. The number of nitrogens with one attached hydrogen (secondary N) is 1. The van der Waals surface area contributed by atoms with E-state index in [4.69, 9.17) is 15.3 Å². The van der Waals surface area contributed by atoms with Crippen molar-refractivity contribution in [2.24, 2.45) is 10.9 Å². The SMILES string of the molecule is CCOC(=O)c1c(NC(=O)C2CC(c3cccc(Br)c3)=NO2)sc(C(N)=O)c1C. The van der Waals surface area contributed by atoms with Crippen LogP contribution in [0.1, 0.15) is 44.5 Å². The number of amides is 2. The molecule has 0 saturated carbocycles. The summed E-state index contributed by atoms with van der Waals surface area (Å²) in [5.74, 6) is -1.81. The fourth-order valence-corrected chi connectivity index (χ4v) is 4.28. The first-order valence-electron chi connectivity index (χ1n) is 8.71. The van der Waals surface area contributed by atoms with Gasteiger partial charge in [0.05, 0.1) is 22.8 Å². The summed E-state index contributed by atoms with van der Waals surface area (Å²) >= 11 is 4.33. The Labute approximate surface area is 179 Å². The van der Waals surface area contributed by atoms with E-state index in [1.165, 1.54) is 0 Å². The van der Waals surface area contributed by atoms with Crippen molar-refractivity contribution >= 4 is 55.8 Å². The fourth-order valence-electron chi connectivity index (χ4n) is 2.83. The van der Waals surface area contributed by atoms with E-state index in [1.807, 2.05) is 24.3 Å². The molecule has 3 N–H and O–H groups in total. The Hall–Kier alpha value is -2.72. The second kappa shape index (κ2) is 8.75. The van der Waals surface area contributed by atoms with E-state index < -0.39 is 23.9 Å². The standard InChI is InChI=1S/C19H18BrN3O5S/c1-3-27-19(26)14-9(2)15(16(21)24)29-18(14)22-17(25)13-8-12(23-28-13)10-5-4-6-11(20)7-10/h4-7,13H,3,8H2,1-2H3,(H2,21,24)(H,22,25). The average molecular weight is 480 g/mol. The van der Waals surface area contributed by atoms with Crippen molar-refractivity contribution in [1.29, 1.82) is 0 Å². The number of hydrogen-bond acceptors (Lipinski definition) is 7. The van der Waals surface area contributed by atoms with E-state index in [-0.39, 0.29) is 28.5 Å². The molecule has 8 nitrogen and oxygen atoms in total. The number of ether oxygens (including phenoxy) is 1. The highest BCUT2D eigenvalue weighted by molar-refractivity contribution is 9.10. The van der Waals surface area contributed by atoms with Gasteiger partial charge in [0.1, 0.15) is 5.00 Å². The highest BCUT2D eigenvalue weighted by Crippen LogP contribution is 2.34. The van der Waals surface area contributed by atoms with E-state index >= 15 is 0 Å². The second-order valence-electron chi connectivity index (χ2n) is 6.18. The van der Waals surface area contributed by atoms with Gasteiger partial charge >= 0.3 is 5.97 Å². The number of carbonyl (C=O) groups excluding carboxylic acids is 3. The molecule has 0 radical (unpaired) electrons. The molecule has 1 aromatic carbocycles. The number of esters is 1. The van der Waals surface area contributed by atoms with Crippen molar-refractivity contribution in [2.45, 2.75) is 26.4 Å². The number of carbonyl (C=O) groups is 3. The lowest BCUT2D eigenvalue weighted by molar-refractivity contribution is -0.125. The number of oxime groups is 1. The van der Waals surface area contributed by atoms with Crippen LogP contribution in [-0.4, -0.2) is 36.2 Å². The van der Waals surface area contributed by atoms with Crippen molar-refractivity contribution in [2.75, 3.05) is 11.9 Å². The Bertz CT molecular complexity index is 1020. The molecule has 0 spiro atoms. The van der Waals surface area contributed by atoms with Gasteiger partial charge in [-0.25, -0.2) is 4.79 Å². The van der Waals surface area contributed by atoms with Crippen molar-refractivity contribution < 1.29 is 24.0 Å². The largest absolute Gasteiger partial charge is 0.462 e. The summed E-state index contributed by atoms with van der Waals surface area (Å²) in [4.78, 5) is 42.1. The molecule has 29 heavy (non-hydrogen) atoms. The molecule has 2 heterocycles. The van der Waals surface area contributed by atoms with Crippen LogP contribution in [0.2, 0.25) is 0 Å². The molecule has 152 valence electrons. The predicted molar refractivity (Wildman–Crippen MR) is 112 cm³/mol. The van der Waals surface area contributed by atoms with Gasteiger partial charge in [0.25, 0.3) is 11.8 Å². The Morgan fingerprint density at radius 1 is 1.41 bits per heavy atom. The second-order valence-corrected chi connectivity index (χ2v) is 8.12. The van der Waals surface area contributed by atoms with Crippen LogP contribution in [0.5, 0.6) is 0 Å². The number of benzene rings is 1.